The molecule has 0 unspecified atom stereocenters. The quantitative estimate of drug-likeness (QED) is 0.452. The Morgan fingerprint density at radius 3 is 2.14 bits per heavy atom. The molecule has 5 heteroatoms. The minimum atomic E-state index is -0.672. The second-order valence-electron chi connectivity index (χ2n) is 4.00. The highest BCUT2D eigenvalue weighted by atomic mass is 32.2. The number of nitrogens with two attached hydrogens (primary N) is 1. The number of ketones is 1. The Morgan fingerprint density at radius 2 is 1.67 bits per heavy atom. The molecule has 0 saturated carbocycles. The standard InChI is InChI=1S/C16H19NO2S2/c1-3-20-16(21-4-2)14(15(17)19)13(18)11-10-12-8-6-5-7-9-12/h5-11H,3-4H2,1-2H3,(H2,17,19)/b11-10+. The number of benzene rings is 1. The zero-order chi connectivity index (χ0) is 15.7. The Kier molecular flexibility index (Phi) is 7.93. The van der Waals surface area contributed by atoms with Crippen molar-refractivity contribution in [1.82, 2.24) is 0 Å². The first-order valence-corrected chi connectivity index (χ1v) is 8.64. The maximum Gasteiger partial charge on any atom is 0.254 e. The molecule has 0 fully saturated rings. The molecule has 0 aliphatic rings. The van der Waals surface area contributed by atoms with E-state index in [9.17, 15) is 9.59 Å². The van der Waals surface area contributed by atoms with Crippen LogP contribution in [0.4, 0.5) is 0 Å². The number of rotatable bonds is 8. The molecule has 1 rings (SSSR count). The van der Waals surface area contributed by atoms with E-state index in [2.05, 4.69) is 0 Å². The van der Waals surface area contributed by atoms with E-state index in [1.165, 1.54) is 29.6 Å². The van der Waals surface area contributed by atoms with E-state index in [4.69, 9.17) is 5.73 Å². The van der Waals surface area contributed by atoms with Gasteiger partial charge in [0.1, 0.15) is 5.57 Å². The summed E-state index contributed by atoms with van der Waals surface area (Å²) in [7, 11) is 0. The molecule has 1 amide bonds. The molecule has 0 spiro atoms. The SMILES string of the molecule is CCSC(SCC)=C(C(N)=O)C(=O)/C=C/c1ccccc1. The maximum atomic E-state index is 12.3. The van der Waals surface area contributed by atoms with Gasteiger partial charge in [-0.25, -0.2) is 0 Å². The van der Waals surface area contributed by atoms with Crippen LogP contribution in [-0.2, 0) is 9.59 Å². The third kappa shape index (κ3) is 5.81. The van der Waals surface area contributed by atoms with E-state index in [0.717, 1.165) is 17.1 Å². The van der Waals surface area contributed by atoms with Crippen LogP contribution >= 0.6 is 23.5 Å². The Hall–Kier alpha value is -1.46. The fraction of sp³-hybridized carbons (Fsp3) is 0.250. The van der Waals surface area contributed by atoms with E-state index in [-0.39, 0.29) is 11.4 Å². The highest BCUT2D eigenvalue weighted by Gasteiger charge is 2.19. The van der Waals surface area contributed by atoms with Crippen molar-refractivity contribution in [2.75, 3.05) is 11.5 Å². The Bertz CT molecular complexity index is 543. The van der Waals surface area contributed by atoms with Crippen LogP contribution in [0.2, 0.25) is 0 Å². The molecule has 0 aliphatic carbocycles. The molecule has 3 nitrogen and oxygen atoms in total. The van der Waals surface area contributed by atoms with Crippen molar-refractivity contribution in [3.63, 3.8) is 0 Å². The molecule has 0 heterocycles. The lowest BCUT2D eigenvalue weighted by Crippen LogP contribution is -2.20. The van der Waals surface area contributed by atoms with Gasteiger partial charge in [0.2, 0.25) is 0 Å². The summed E-state index contributed by atoms with van der Waals surface area (Å²) in [6.07, 6.45) is 3.10. The average molecular weight is 321 g/mol. The molecular weight excluding hydrogens is 302 g/mol. The third-order valence-corrected chi connectivity index (χ3v) is 4.69. The van der Waals surface area contributed by atoms with Crippen LogP contribution in [0.5, 0.6) is 0 Å². The molecule has 0 atom stereocenters. The van der Waals surface area contributed by atoms with Gasteiger partial charge in [-0.1, -0.05) is 50.3 Å². The van der Waals surface area contributed by atoms with E-state index in [0.29, 0.717) is 4.24 Å². The van der Waals surface area contributed by atoms with Crippen LogP contribution < -0.4 is 5.73 Å². The van der Waals surface area contributed by atoms with Crippen molar-refractivity contribution in [2.24, 2.45) is 5.73 Å². The summed E-state index contributed by atoms with van der Waals surface area (Å²) in [5, 5.41) is 0. The monoisotopic (exact) mass is 321 g/mol. The van der Waals surface area contributed by atoms with Gasteiger partial charge >= 0.3 is 0 Å². The van der Waals surface area contributed by atoms with Crippen molar-refractivity contribution in [3.05, 3.63) is 51.8 Å². The van der Waals surface area contributed by atoms with Crippen molar-refractivity contribution in [3.8, 4) is 0 Å². The summed E-state index contributed by atoms with van der Waals surface area (Å²) in [4.78, 5) is 23.9. The molecule has 1 aromatic rings. The minimum absolute atomic E-state index is 0.0841. The summed E-state index contributed by atoms with van der Waals surface area (Å²) >= 11 is 2.95. The van der Waals surface area contributed by atoms with Gasteiger partial charge in [-0.2, -0.15) is 0 Å². The number of hydrogen-bond acceptors (Lipinski definition) is 4. The highest BCUT2D eigenvalue weighted by Crippen LogP contribution is 2.31. The zero-order valence-electron chi connectivity index (χ0n) is 12.2. The lowest BCUT2D eigenvalue weighted by atomic mass is 10.1. The summed E-state index contributed by atoms with van der Waals surface area (Å²) in [5.74, 6) is 0.557. The third-order valence-electron chi connectivity index (χ3n) is 2.47. The predicted molar refractivity (Wildman–Crippen MR) is 93.0 cm³/mol. The number of allylic oxidation sites excluding steroid dienone is 1. The normalized spacial score (nSPS) is 10.6. The minimum Gasteiger partial charge on any atom is -0.365 e. The zero-order valence-corrected chi connectivity index (χ0v) is 13.8. The molecule has 21 heavy (non-hydrogen) atoms. The second-order valence-corrected chi connectivity index (χ2v) is 6.81. The Balaban J connectivity index is 3.04. The van der Waals surface area contributed by atoms with Gasteiger partial charge in [-0.05, 0) is 23.1 Å². The van der Waals surface area contributed by atoms with E-state index in [1.807, 2.05) is 44.2 Å². The van der Waals surface area contributed by atoms with E-state index < -0.39 is 5.91 Å². The Labute approximate surface area is 134 Å². The predicted octanol–water partition coefficient (Wildman–Crippen LogP) is 3.47. The molecule has 0 aliphatic heterocycles. The summed E-state index contributed by atoms with van der Waals surface area (Å²) in [6.45, 7) is 3.95. The lowest BCUT2D eigenvalue weighted by Gasteiger charge is -2.08. The first-order valence-electron chi connectivity index (χ1n) is 6.67. The highest BCUT2D eigenvalue weighted by molar-refractivity contribution is 8.22. The topological polar surface area (TPSA) is 60.2 Å². The van der Waals surface area contributed by atoms with Gasteiger partial charge in [-0.15, -0.1) is 23.5 Å². The molecule has 0 aromatic heterocycles. The van der Waals surface area contributed by atoms with Gasteiger partial charge < -0.3 is 5.73 Å². The van der Waals surface area contributed by atoms with Crippen LogP contribution in [0.1, 0.15) is 19.4 Å². The lowest BCUT2D eigenvalue weighted by molar-refractivity contribution is -0.118. The van der Waals surface area contributed by atoms with Gasteiger partial charge in [0.25, 0.3) is 5.91 Å². The van der Waals surface area contributed by atoms with Crippen LogP contribution in [0.15, 0.2) is 46.2 Å². The maximum absolute atomic E-state index is 12.3. The van der Waals surface area contributed by atoms with Crippen molar-refractivity contribution in [2.45, 2.75) is 13.8 Å². The molecule has 0 radical (unpaired) electrons. The van der Waals surface area contributed by atoms with Crippen molar-refractivity contribution >= 4 is 41.3 Å². The largest absolute Gasteiger partial charge is 0.365 e. The fourth-order valence-corrected chi connectivity index (χ4v) is 3.85. The molecular formula is C16H19NO2S2. The van der Waals surface area contributed by atoms with Gasteiger partial charge in [-0.3, -0.25) is 9.59 Å². The molecule has 0 bridgehead atoms. The van der Waals surface area contributed by atoms with Crippen molar-refractivity contribution in [1.29, 1.82) is 0 Å². The van der Waals surface area contributed by atoms with Gasteiger partial charge in [0.15, 0.2) is 5.78 Å². The first kappa shape index (κ1) is 17.6. The smallest absolute Gasteiger partial charge is 0.254 e. The number of carbonyl (C=O) groups excluding carboxylic acids is 2. The molecule has 1 aromatic carbocycles. The van der Waals surface area contributed by atoms with Crippen molar-refractivity contribution < 1.29 is 9.59 Å². The number of carbonyl (C=O) groups is 2. The van der Waals surface area contributed by atoms with E-state index >= 15 is 0 Å². The molecule has 2 N–H and O–H groups in total. The van der Waals surface area contributed by atoms with E-state index in [1.54, 1.807) is 6.08 Å². The summed E-state index contributed by atoms with van der Waals surface area (Å²) in [6, 6.07) is 9.46. The number of primary amides is 1. The van der Waals surface area contributed by atoms with Gasteiger partial charge in [0.05, 0.1) is 4.24 Å². The second kappa shape index (κ2) is 9.47. The summed E-state index contributed by atoms with van der Waals surface area (Å²) in [5.41, 5.74) is 6.38. The fourth-order valence-electron chi connectivity index (χ4n) is 1.59. The van der Waals surface area contributed by atoms with Crippen LogP contribution in [0, 0.1) is 0 Å². The van der Waals surface area contributed by atoms with Gasteiger partial charge in [0, 0.05) is 0 Å². The molecule has 112 valence electrons. The number of amides is 1. The molecule has 0 saturated heterocycles. The number of hydrogen-bond donors (Lipinski definition) is 1. The van der Waals surface area contributed by atoms with Crippen LogP contribution in [0.3, 0.4) is 0 Å². The Morgan fingerprint density at radius 1 is 1.10 bits per heavy atom. The number of thioether (sulfide) groups is 2. The first-order chi connectivity index (χ1) is 10.1. The van der Waals surface area contributed by atoms with Crippen LogP contribution in [0.25, 0.3) is 6.08 Å². The average Bonchev–Trinajstić information content (AvgIpc) is 2.46. The summed E-state index contributed by atoms with van der Waals surface area (Å²) < 4.78 is 0.704. The van der Waals surface area contributed by atoms with Crippen LogP contribution in [-0.4, -0.2) is 23.2 Å².